The first-order valence-corrected chi connectivity index (χ1v) is 10.2. The summed E-state index contributed by atoms with van der Waals surface area (Å²) in [6.45, 7) is 1.98. The lowest BCUT2D eigenvalue weighted by molar-refractivity contribution is -0.130. The molecule has 0 saturated carbocycles. The average Bonchev–Trinajstić information content (AvgIpc) is 3.36. The van der Waals surface area contributed by atoms with Gasteiger partial charge in [0, 0.05) is 24.6 Å². The van der Waals surface area contributed by atoms with Crippen molar-refractivity contribution in [3.63, 3.8) is 0 Å². The molecule has 1 saturated heterocycles. The first kappa shape index (κ1) is 19.0. The van der Waals surface area contributed by atoms with Crippen molar-refractivity contribution in [2.24, 2.45) is 0 Å². The van der Waals surface area contributed by atoms with Crippen LogP contribution in [-0.4, -0.2) is 34.7 Å². The van der Waals surface area contributed by atoms with Crippen LogP contribution in [0.3, 0.4) is 0 Å². The largest absolute Gasteiger partial charge is 0.368 e. The molecule has 0 spiro atoms. The number of halogens is 1. The van der Waals surface area contributed by atoms with Gasteiger partial charge in [-0.25, -0.2) is 4.98 Å². The maximum atomic E-state index is 12.1. The molecular formula is C22H24ClN3O2. The molecule has 1 aliphatic heterocycles. The van der Waals surface area contributed by atoms with Crippen molar-refractivity contribution in [2.45, 2.75) is 38.3 Å². The molecule has 4 rings (SSSR count). The van der Waals surface area contributed by atoms with Gasteiger partial charge in [-0.05, 0) is 43.0 Å². The van der Waals surface area contributed by atoms with Crippen LogP contribution in [0, 0.1) is 0 Å². The van der Waals surface area contributed by atoms with Crippen LogP contribution < -0.4 is 5.32 Å². The predicted molar refractivity (Wildman–Crippen MR) is 111 cm³/mol. The number of imidazole rings is 1. The molecule has 1 atom stereocenters. The van der Waals surface area contributed by atoms with Gasteiger partial charge >= 0.3 is 0 Å². The van der Waals surface area contributed by atoms with Gasteiger partial charge in [0.1, 0.15) is 11.9 Å². The van der Waals surface area contributed by atoms with E-state index in [1.807, 2.05) is 42.5 Å². The molecule has 5 nitrogen and oxygen atoms in total. The van der Waals surface area contributed by atoms with E-state index in [4.69, 9.17) is 21.3 Å². The van der Waals surface area contributed by atoms with Crippen molar-refractivity contribution in [2.75, 3.05) is 13.2 Å². The van der Waals surface area contributed by atoms with Crippen LogP contribution in [0.25, 0.3) is 11.0 Å². The number of nitrogens with one attached hydrogen (secondary N) is 1. The smallest absolute Gasteiger partial charge is 0.249 e. The van der Waals surface area contributed by atoms with Gasteiger partial charge in [0.15, 0.2) is 0 Å². The van der Waals surface area contributed by atoms with Crippen molar-refractivity contribution >= 4 is 28.5 Å². The Morgan fingerprint density at radius 2 is 2.04 bits per heavy atom. The topological polar surface area (TPSA) is 56.2 Å². The van der Waals surface area contributed by atoms with E-state index in [0.717, 1.165) is 53.1 Å². The molecule has 28 heavy (non-hydrogen) atoms. The minimum atomic E-state index is -0.273. The highest BCUT2D eigenvalue weighted by molar-refractivity contribution is 6.31. The highest BCUT2D eigenvalue weighted by Gasteiger charge is 2.22. The third kappa shape index (κ3) is 4.21. The lowest BCUT2D eigenvalue weighted by atomic mass is 10.2. The molecule has 1 aliphatic rings. The van der Waals surface area contributed by atoms with Crippen LogP contribution in [-0.2, 0) is 22.5 Å². The number of fused-ring (bicyclic) bond motifs is 1. The van der Waals surface area contributed by atoms with Crippen LogP contribution >= 0.6 is 11.6 Å². The Kier molecular flexibility index (Phi) is 5.93. The van der Waals surface area contributed by atoms with E-state index in [2.05, 4.69) is 16.0 Å². The quantitative estimate of drug-likeness (QED) is 0.614. The number of hydrogen-bond acceptors (Lipinski definition) is 3. The summed E-state index contributed by atoms with van der Waals surface area (Å²) in [5.74, 6) is 1.01. The second kappa shape index (κ2) is 8.76. The monoisotopic (exact) mass is 397 g/mol. The van der Waals surface area contributed by atoms with Crippen LogP contribution in [0.2, 0.25) is 5.02 Å². The van der Waals surface area contributed by atoms with E-state index in [1.54, 1.807) is 0 Å². The molecule has 2 heterocycles. The second-order valence-electron chi connectivity index (χ2n) is 7.09. The lowest BCUT2D eigenvalue weighted by Crippen LogP contribution is -2.34. The van der Waals surface area contributed by atoms with E-state index >= 15 is 0 Å². The maximum absolute atomic E-state index is 12.1. The zero-order chi connectivity index (χ0) is 19.3. The number of benzene rings is 2. The van der Waals surface area contributed by atoms with Crippen molar-refractivity contribution in [3.05, 3.63) is 64.9 Å². The minimum Gasteiger partial charge on any atom is -0.368 e. The van der Waals surface area contributed by atoms with Gasteiger partial charge in [-0.3, -0.25) is 4.79 Å². The van der Waals surface area contributed by atoms with Crippen molar-refractivity contribution in [1.82, 2.24) is 14.9 Å². The number of nitrogens with zero attached hydrogens (tertiary/aromatic N) is 2. The number of aromatic nitrogens is 2. The van der Waals surface area contributed by atoms with Crippen LogP contribution in [0.1, 0.15) is 30.7 Å². The predicted octanol–water partition coefficient (Wildman–Crippen LogP) is 3.97. The molecule has 1 unspecified atom stereocenters. The van der Waals surface area contributed by atoms with Crippen molar-refractivity contribution in [3.8, 4) is 0 Å². The minimum absolute atomic E-state index is 0.00192. The summed E-state index contributed by atoms with van der Waals surface area (Å²) in [5, 5.41) is 3.74. The summed E-state index contributed by atoms with van der Waals surface area (Å²) < 4.78 is 7.65. The fourth-order valence-electron chi connectivity index (χ4n) is 3.65. The van der Waals surface area contributed by atoms with E-state index < -0.39 is 0 Å². The van der Waals surface area contributed by atoms with Crippen LogP contribution in [0.5, 0.6) is 0 Å². The lowest BCUT2D eigenvalue weighted by Gasteiger charge is -2.12. The molecule has 146 valence electrons. The normalized spacial score (nSPS) is 16.5. The van der Waals surface area contributed by atoms with Gasteiger partial charge in [0.05, 0.1) is 17.6 Å². The van der Waals surface area contributed by atoms with Crippen LogP contribution in [0.15, 0.2) is 48.5 Å². The molecule has 1 N–H and O–H groups in total. The van der Waals surface area contributed by atoms with Crippen LogP contribution in [0.4, 0.5) is 0 Å². The molecule has 0 radical (unpaired) electrons. The fourth-order valence-corrected chi connectivity index (χ4v) is 3.84. The number of hydrogen-bond donors (Lipinski definition) is 1. The number of carbonyl (C=O) groups is 1. The third-order valence-electron chi connectivity index (χ3n) is 5.12. The summed E-state index contributed by atoms with van der Waals surface area (Å²) in [5.41, 5.74) is 3.15. The highest BCUT2D eigenvalue weighted by Crippen LogP contribution is 2.22. The first-order valence-electron chi connectivity index (χ1n) is 9.79. The van der Waals surface area contributed by atoms with E-state index in [-0.39, 0.29) is 12.0 Å². The zero-order valence-corrected chi connectivity index (χ0v) is 16.5. The summed E-state index contributed by atoms with van der Waals surface area (Å²) in [4.78, 5) is 16.9. The molecule has 0 aliphatic carbocycles. The Labute approximate surface area is 169 Å². The Morgan fingerprint density at radius 3 is 2.86 bits per heavy atom. The van der Waals surface area contributed by atoms with Gasteiger partial charge in [0.25, 0.3) is 0 Å². The molecule has 1 aromatic heterocycles. The Morgan fingerprint density at radius 1 is 1.21 bits per heavy atom. The van der Waals surface area contributed by atoms with Gasteiger partial charge in [0.2, 0.25) is 5.91 Å². The highest BCUT2D eigenvalue weighted by atomic mass is 35.5. The number of amides is 1. The number of ether oxygens (including phenoxy) is 1. The Hall–Kier alpha value is -2.37. The third-order valence-corrected chi connectivity index (χ3v) is 5.49. The van der Waals surface area contributed by atoms with Gasteiger partial charge in [-0.2, -0.15) is 0 Å². The number of carbonyl (C=O) groups excluding carboxylic acids is 1. The second-order valence-corrected chi connectivity index (χ2v) is 7.50. The van der Waals surface area contributed by atoms with Crippen molar-refractivity contribution in [1.29, 1.82) is 0 Å². The number of rotatable bonds is 7. The van der Waals surface area contributed by atoms with Gasteiger partial charge in [-0.15, -0.1) is 0 Å². The molecule has 1 amide bonds. The first-order chi connectivity index (χ1) is 13.7. The fraction of sp³-hybridized carbons (Fsp3) is 0.364. The molecular weight excluding hydrogens is 374 g/mol. The summed E-state index contributed by atoms with van der Waals surface area (Å²) >= 11 is 6.38. The molecule has 1 fully saturated rings. The molecule has 2 aromatic carbocycles. The van der Waals surface area contributed by atoms with Crippen molar-refractivity contribution < 1.29 is 9.53 Å². The van der Waals surface area contributed by atoms with E-state index in [9.17, 15) is 4.79 Å². The standard InChI is InChI=1S/C22H24ClN3O2/c23-17-8-2-1-7-16(17)15-26-19-10-4-3-9-18(19)25-21(26)12-5-13-24-22(27)20-11-6-14-28-20/h1-4,7-10,20H,5-6,11-15H2,(H,24,27). The maximum Gasteiger partial charge on any atom is 0.249 e. The Balaban J connectivity index is 1.45. The van der Waals surface area contributed by atoms with E-state index in [0.29, 0.717) is 19.7 Å². The van der Waals surface area contributed by atoms with Gasteiger partial charge < -0.3 is 14.6 Å². The van der Waals surface area contributed by atoms with Gasteiger partial charge in [-0.1, -0.05) is 41.9 Å². The molecule has 0 bridgehead atoms. The summed E-state index contributed by atoms with van der Waals surface area (Å²) in [6, 6.07) is 16.0. The summed E-state index contributed by atoms with van der Waals surface area (Å²) in [6.07, 6.45) is 3.11. The van der Waals surface area contributed by atoms with E-state index in [1.165, 1.54) is 0 Å². The number of para-hydroxylation sites is 2. The number of aryl methyl sites for hydroxylation is 1. The SMILES string of the molecule is O=C(NCCCc1nc2ccccc2n1Cc1ccccc1Cl)C1CCCO1. The molecule has 3 aromatic rings. The zero-order valence-electron chi connectivity index (χ0n) is 15.7. The average molecular weight is 398 g/mol. The Bertz CT molecular complexity index is 963. The molecule has 6 heteroatoms. The summed E-state index contributed by atoms with van der Waals surface area (Å²) in [7, 11) is 0.